The van der Waals surface area contributed by atoms with Crippen LogP contribution in [0.5, 0.6) is 0 Å². The number of benzene rings is 1. The Morgan fingerprint density at radius 1 is 0.885 bits per heavy atom. The Bertz CT molecular complexity index is 758. The van der Waals surface area contributed by atoms with Crippen molar-refractivity contribution in [2.75, 3.05) is 0 Å². The van der Waals surface area contributed by atoms with Gasteiger partial charge in [0.25, 0.3) is 0 Å². The van der Waals surface area contributed by atoms with Gasteiger partial charge < -0.3 is 0 Å². The lowest BCUT2D eigenvalue weighted by atomic mass is 10.0. The standard InChI is InChI=1S/C24H35NSi/c1-18(2)26(19(3)4,20(5)6)15-14-21(7)12-13-24-16-22-10-8-9-11-23(22)17-25-24/h8-11,16-21H,12-13H2,1-7H3. The van der Waals surface area contributed by atoms with Gasteiger partial charge in [-0.15, -0.1) is 11.5 Å². The summed E-state index contributed by atoms with van der Waals surface area (Å²) in [5, 5.41) is 2.49. The summed E-state index contributed by atoms with van der Waals surface area (Å²) in [7, 11) is -1.61. The molecule has 2 aromatic rings. The third-order valence-electron chi connectivity index (χ3n) is 5.92. The highest BCUT2D eigenvalue weighted by Gasteiger charge is 2.41. The van der Waals surface area contributed by atoms with Gasteiger partial charge in [0.15, 0.2) is 0 Å². The minimum Gasteiger partial charge on any atom is -0.261 e. The van der Waals surface area contributed by atoms with Gasteiger partial charge in [0.1, 0.15) is 8.07 Å². The van der Waals surface area contributed by atoms with Crippen molar-refractivity contribution in [3.8, 4) is 11.5 Å². The Morgan fingerprint density at radius 3 is 2.04 bits per heavy atom. The molecule has 0 aliphatic rings. The molecular formula is C24H35NSi. The van der Waals surface area contributed by atoms with Crippen molar-refractivity contribution in [1.82, 2.24) is 4.98 Å². The zero-order valence-corrected chi connectivity index (χ0v) is 18.6. The second-order valence-corrected chi connectivity index (χ2v) is 14.2. The van der Waals surface area contributed by atoms with Crippen LogP contribution in [0.2, 0.25) is 16.6 Å². The van der Waals surface area contributed by atoms with Crippen LogP contribution in [0.4, 0.5) is 0 Å². The lowest BCUT2D eigenvalue weighted by molar-refractivity contribution is 0.660. The zero-order valence-electron chi connectivity index (χ0n) is 17.6. The first-order chi connectivity index (χ1) is 12.3. The number of nitrogens with zero attached hydrogens (tertiary/aromatic N) is 1. The number of hydrogen-bond acceptors (Lipinski definition) is 1. The highest BCUT2D eigenvalue weighted by molar-refractivity contribution is 6.90. The number of aromatic nitrogens is 1. The van der Waals surface area contributed by atoms with Crippen molar-refractivity contribution in [2.24, 2.45) is 5.92 Å². The van der Waals surface area contributed by atoms with E-state index in [0.29, 0.717) is 22.5 Å². The van der Waals surface area contributed by atoms with Crippen molar-refractivity contribution < 1.29 is 0 Å². The van der Waals surface area contributed by atoms with Crippen molar-refractivity contribution in [3.05, 3.63) is 42.2 Å². The van der Waals surface area contributed by atoms with E-state index >= 15 is 0 Å². The number of aryl methyl sites for hydroxylation is 1. The van der Waals surface area contributed by atoms with E-state index in [4.69, 9.17) is 0 Å². The molecular weight excluding hydrogens is 330 g/mol. The molecule has 0 spiro atoms. The Labute approximate surface area is 161 Å². The van der Waals surface area contributed by atoms with Crippen molar-refractivity contribution in [1.29, 1.82) is 0 Å². The van der Waals surface area contributed by atoms with E-state index in [1.54, 1.807) is 0 Å². The Kier molecular flexibility index (Phi) is 7.06. The molecule has 0 aliphatic heterocycles. The van der Waals surface area contributed by atoms with Crippen LogP contribution in [0.15, 0.2) is 36.5 Å². The summed E-state index contributed by atoms with van der Waals surface area (Å²) in [6.45, 7) is 16.5. The van der Waals surface area contributed by atoms with Crippen LogP contribution in [0.1, 0.15) is 60.6 Å². The molecule has 1 aromatic heterocycles. The number of fused-ring (bicyclic) bond motifs is 1. The van der Waals surface area contributed by atoms with Crippen molar-refractivity contribution in [3.63, 3.8) is 0 Å². The summed E-state index contributed by atoms with van der Waals surface area (Å²) in [6, 6.07) is 10.7. The summed E-state index contributed by atoms with van der Waals surface area (Å²) in [5.74, 6) is 4.08. The third kappa shape index (κ3) is 4.57. The molecule has 1 unspecified atom stereocenters. The fourth-order valence-electron chi connectivity index (χ4n) is 4.38. The van der Waals surface area contributed by atoms with Crippen LogP contribution >= 0.6 is 0 Å². The SMILES string of the molecule is CC(C#C[Si](C(C)C)(C(C)C)C(C)C)CCc1cc2ccccc2cn1. The molecule has 0 saturated heterocycles. The fraction of sp³-hybridized carbons (Fsp3) is 0.542. The topological polar surface area (TPSA) is 12.9 Å². The molecule has 1 aromatic carbocycles. The molecule has 140 valence electrons. The van der Waals surface area contributed by atoms with E-state index in [1.165, 1.54) is 16.5 Å². The molecule has 0 aliphatic carbocycles. The van der Waals surface area contributed by atoms with Gasteiger partial charge in [-0.3, -0.25) is 4.98 Å². The van der Waals surface area contributed by atoms with Crippen LogP contribution < -0.4 is 0 Å². The van der Waals surface area contributed by atoms with Crippen molar-refractivity contribution in [2.45, 2.75) is 77.9 Å². The largest absolute Gasteiger partial charge is 0.261 e. The van der Waals surface area contributed by atoms with E-state index in [2.05, 4.69) is 95.2 Å². The van der Waals surface area contributed by atoms with Crippen LogP contribution in [-0.2, 0) is 6.42 Å². The van der Waals surface area contributed by atoms with E-state index in [0.717, 1.165) is 12.8 Å². The van der Waals surface area contributed by atoms with Crippen LogP contribution in [-0.4, -0.2) is 13.1 Å². The summed E-state index contributed by atoms with van der Waals surface area (Å²) < 4.78 is 0. The van der Waals surface area contributed by atoms with Gasteiger partial charge in [-0.05, 0) is 40.9 Å². The molecule has 2 heteroatoms. The van der Waals surface area contributed by atoms with Crippen LogP contribution in [0.25, 0.3) is 10.8 Å². The minimum atomic E-state index is -1.61. The molecule has 0 amide bonds. The predicted octanol–water partition coefficient (Wildman–Crippen LogP) is 7.02. The average molecular weight is 366 g/mol. The predicted molar refractivity (Wildman–Crippen MR) is 118 cm³/mol. The highest BCUT2D eigenvalue weighted by atomic mass is 28.3. The van der Waals surface area contributed by atoms with Crippen LogP contribution in [0, 0.1) is 17.4 Å². The van der Waals surface area contributed by atoms with E-state index in [1.807, 2.05) is 6.20 Å². The molecule has 1 heterocycles. The first-order valence-electron chi connectivity index (χ1n) is 10.1. The molecule has 0 saturated carbocycles. The van der Waals surface area contributed by atoms with E-state index in [-0.39, 0.29) is 0 Å². The first kappa shape index (κ1) is 20.7. The fourth-order valence-corrected chi connectivity index (χ4v) is 9.75. The number of pyridine rings is 1. The van der Waals surface area contributed by atoms with Gasteiger partial charge >= 0.3 is 0 Å². The van der Waals surface area contributed by atoms with E-state index in [9.17, 15) is 0 Å². The second kappa shape index (κ2) is 8.87. The first-order valence-corrected chi connectivity index (χ1v) is 12.4. The summed E-state index contributed by atoms with van der Waals surface area (Å²) in [4.78, 5) is 4.63. The Morgan fingerprint density at radius 2 is 1.46 bits per heavy atom. The van der Waals surface area contributed by atoms with Gasteiger partial charge in [0.2, 0.25) is 0 Å². The van der Waals surface area contributed by atoms with E-state index < -0.39 is 8.07 Å². The van der Waals surface area contributed by atoms with Gasteiger partial charge in [0, 0.05) is 23.2 Å². The Hall–Kier alpha value is -1.59. The maximum atomic E-state index is 4.63. The van der Waals surface area contributed by atoms with Gasteiger partial charge in [0.05, 0.1) is 0 Å². The van der Waals surface area contributed by atoms with Gasteiger partial charge in [-0.2, -0.15) is 0 Å². The molecule has 0 fully saturated rings. The molecule has 1 atom stereocenters. The lowest BCUT2D eigenvalue weighted by Crippen LogP contribution is -2.43. The summed E-state index contributed by atoms with van der Waals surface area (Å²) in [6.07, 6.45) is 4.08. The van der Waals surface area contributed by atoms with Gasteiger partial charge in [-0.25, -0.2) is 0 Å². The smallest absolute Gasteiger partial charge is 0.145 e. The van der Waals surface area contributed by atoms with Crippen molar-refractivity contribution >= 4 is 18.8 Å². The Balaban J connectivity index is 2.10. The minimum absolute atomic E-state index is 0.423. The van der Waals surface area contributed by atoms with Gasteiger partial charge in [-0.1, -0.05) is 72.7 Å². The quantitative estimate of drug-likeness (QED) is 0.396. The maximum absolute atomic E-state index is 4.63. The molecule has 1 nitrogen and oxygen atoms in total. The normalized spacial score (nSPS) is 13.3. The third-order valence-corrected chi connectivity index (χ3v) is 12.2. The molecule has 26 heavy (non-hydrogen) atoms. The monoisotopic (exact) mass is 365 g/mol. The zero-order chi connectivity index (χ0) is 19.3. The second-order valence-electron chi connectivity index (χ2n) is 8.63. The summed E-state index contributed by atoms with van der Waals surface area (Å²) >= 11 is 0. The lowest BCUT2D eigenvalue weighted by Gasteiger charge is -2.38. The number of rotatable bonds is 6. The maximum Gasteiger partial charge on any atom is 0.145 e. The molecule has 2 rings (SSSR count). The summed E-state index contributed by atoms with van der Waals surface area (Å²) in [5.41, 5.74) is 7.14. The van der Waals surface area contributed by atoms with Crippen LogP contribution in [0.3, 0.4) is 0 Å². The average Bonchev–Trinajstić information content (AvgIpc) is 2.59. The highest BCUT2D eigenvalue weighted by Crippen LogP contribution is 2.40. The molecule has 0 bridgehead atoms. The number of hydrogen-bond donors (Lipinski definition) is 0. The molecule has 0 radical (unpaired) electrons. The molecule has 0 N–H and O–H groups in total.